The highest BCUT2D eigenvalue weighted by atomic mass is 16.5. The van der Waals surface area contributed by atoms with Crippen molar-refractivity contribution in [3.05, 3.63) is 36.2 Å². The minimum Gasteiger partial charge on any atom is -0.461 e. The van der Waals surface area contributed by atoms with Gasteiger partial charge >= 0.3 is 5.97 Å². The Morgan fingerprint density at radius 1 is 1.35 bits per heavy atom. The number of nitrogens with zero attached hydrogens (tertiary/aromatic N) is 3. The molecule has 1 amide bonds. The molecule has 0 fully saturated rings. The van der Waals surface area contributed by atoms with Crippen LogP contribution < -0.4 is 5.32 Å². The van der Waals surface area contributed by atoms with Gasteiger partial charge in [0.25, 0.3) is 5.91 Å². The van der Waals surface area contributed by atoms with E-state index in [1.807, 2.05) is 0 Å². The molecule has 0 aromatic carbocycles. The normalized spacial score (nSPS) is 10.3. The topological polar surface area (TPSA) is 78.2 Å². The molecule has 2 rings (SSSR count). The highest BCUT2D eigenvalue weighted by molar-refractivity contribution is 6.02. The van der Waals surface area contributed by atoms with Crippen molar-refractivity contribution < 1.29 is 14.3 Å². The third-order valence-corrected chi connectivity index (χ3v) is 2.77. The molecule has 0 radical (unpaired) electrons. The van der Waals surface area contributed by atoms with E-state index in [9.17, 15) is 9.59 Å². The van der Waals surface area contributed by atoms with Gasteiger partial charge in [0.2, 0.25) is 0 Å². The molecule has 7 heteroatoms. The van der Waals surface area contributed by atoms with Crippen LogP contribution in [0.25, 0.3) is 0 Å². The Hall–Kier alpha value is -2.57. The molecule has 7 nitrogen and oxygen atoms in total. The number of rotatable bonds is 4. The lowest BCUT2D eigenvalue weighted by molar-refractivity contribution is 0.0515. The summed E-state index contributed by atoms with van der Waals surface area (Å²) in [5.74, 6) is -0.461. The van der Waals surface area contributed by atoms with Crippen LogP contribution in [0.1, 0.15) is 28.0 Å². The van der Waals surface area contributed by atoms with Crippen LogP contribution in [0, 0.1) is 0 Å². The van der Waals surface area contributed by atoms with Crippen molar-refractivity contribution in [3.8, 4) is 0 Å². The monoisotopic (exact) mass is 276 g/mol. The molecular weight excluding hydrogens is 260 g/mol. The van der Waals surface area contributed by atoms with Crippen LogP contribution in [-0.2, 0) is 18.8 Å². The van der Waals surface area contributed by atoms with Crippen LogP contribution in [0.3, 0.4) is 0 Å². The molecule has 0 saturated carbocycles. The summed E-state index contributed by atoms with van der Waals surface area (Å²) in [6.07, 6.45) is 4.88. The number of carbonyl (C=O) groups is 2. The number of nitrogens with one attached hydrogen (secondary N) is 1. The van der Waals surface area contributed by atoms with Gasteiger partial charge in [0.1, 0.15) is 5.69 Å². The fourth-order valence-corrected chi connectivity index (χ4v) is 1.81. The molecule has 2 heterocycles. The Bertz CT molecular complexity index is 642. The molecule has 1 N–H and O–H groups in total. The minimum absolute atomic E-state index is 0.298. The van der Waals surface area contributed by atoms with E-state index in [2.05, 4.69) is 10.3 Å². The highest BCUT2D eigenvalue weighted by Crippen LogP contribution is 2.14. The molecule has 0 saturated heterocycles. The number of amides is 1. The van der Waals surface area contributed by atoms with Crippen molar-refractivity contribution in [3.63, 3.8) is 0 Å². The van der Waals surface area contributed by atoms with E-state index < -0.39 is 5.97 Å². The van der Waals surface area contributed by atoms with Crippen LogP contribution in [0.5, 0.6) is 0 Å². The van der Waals surface area contributed by atoms with Crippen molar-refractivity contribution in [2.75, 3.05) is 11.9 Å². The van der Waals surface area contributed by atoms with E-state index in [0.29, 0.717) is 23.8 Å². The molecule has 0 aliphatic heterocycles. The van der Waals surface area contributed by atoms with Crippen LogP contribution in [0.15, 0.2) is 24.7 Å². The Kier molecular flexibility index (Phi) is 3.88. The molecule has 20 heavy (non-hydrogen) atoms. The second kappa shape index (κ2) is 5.60. The minimum atomic E-state index is -0.424. The first-order chi connectivity index (χ1) is 9.52. The van der Waals surface area contributed by atoms with Gasteiger partial charge in [0.15, 0.2) is 5.82 Å². The van der Waals surface area contributed by atoms with Crippen molar-refractivity contribution in [2.24, 2.45) is 14.1 Å². The number of esters is 1. The summed E-state index contributed by atoms with van der Waals surface area (Å²) in [6.45, 7) is 2.05. The average Bonchev–Trinajstić information content (AvgIpc) is 2.96. The van der Waals surface area contributed by atoms with Gasteiger partial charge in [0, 0.05) is 32.7 Å². The molecule has 0 aliphatic carbocycles. The van der Waals surface area contributed by atoms with Gasteiger partial charge < -0.3 is 19.2 Å². The zero-order valence-electron chi connectivity index (χ0n) is 11.6. The van der Waals surface area contributed by atoms with Crippen LogP contribution in [0.4, 0.5) is 5.69 Å². The first kappa shape index (κ1) is 13.9. The lowest BCUT2D eigenvalue weighted by Gasteiger charge is -2.02. The molecule has 0 bridgehead atoms. The average molecular weight is 276 g/mol. The third-order valence-electron chi connectivity index (χ3n) is 2.77. The van der Waals surface area contributed by atoms with Gasteiger partial charge in [-0.3, -0.25) is 4.79 Å². The maximum atomic E-state index is 12.0. The van der Waals surface area contributed by atoms with Gasteiger partial charge in [-0.25, -0.2) is 9.78 Å². The SMILES string of the molecule is CCOC(=O)c1cc(NC(=O)c2nccn2C)cn1C. The summed E-state index contributed by atoms with van der Waals surface area (Å²) in [4.78, 5) is 27.6. The molecule has 0 spiro atoms. The maximum Gasteiger partial charge on any atom is 0.355 e. The third kappa shape index (κ3) is 2.71. The fraction of sp³-hybridized carbons (Fsp3) is 0.308. The lowest BCUT2D eigenvalue weighted by Crippen LogP contribution is -2.16. The predicted molar refractivity (Wildman–Crippen MR) is 72.5 cm³/mol. The van der Waals surface area contributed by atoms with Crippen molar-refractivity contribution in [1.82, 2.24) is 14.1 Å². The molecular formula is C13H16N4O3. The van der Waals surface area contributed by atoms with E-state index in [1.54, 1.807) is 54.8 Å². The molecule has 106 valence electrons. The number of hydrogen-bond donors (Lipinski definition) is 1. The quantitative estimate of drug-likeness (QED) is 0.851. The Labute approximate surface area is 116 Å². The molecule has 2 aromatic heterocycles. The van der Waals surface area contributed by atoms with E-state index >= 15 is 0 Å². The first-order valence-corrected chi connectivity index (χ1v) is 6.15. The smallest absolute Gasteiger partial charge is 0.355 e. The molecule has 2 aromatic rings. The molecule has 0 atom stereocenters. The number of anilines is 1. The highest BCUT2D eigenvalue weighted by Gasteiger charge is 2.16. The predicted octanol–water partition coefficient (Wildman–Crippen LogP) is 1.19. The van der Waals surface area contributed by atoms with Gasteiger partial charge in [-0.1, -0.05) is 0 Å². The number of aromatic nitrogens is 3. The number of hydrogen-bond acceptors (Lipinski definition) is 4. The number of aryl methyl sites for hydroxylation is 2. The van der Waals surface area contributed by atoms with Crippen molar-refractivity contribution >= 4 is 17.6 Å². The van der Waals surface area contributed by atoms with E-state index in [4.69, 9.17) is 4.74 Å². The van der Waals surface area contributed by atoms with Gasteiger partial charge in [-0.05, 0) is 13.0 Å². The van der Waals surface area contributed by atoms with Crippen molar-refractivity contribution in [2.45, 2.75) is 6.92 Å². The van der Waals surface area contributed by atoms with E-state index in [1.165, 1.54) is 0 Å². The number of ether oxygens (including phenoxy) is 1. The van der Waals surface area contributed by atoms with Gasteiger partial charge in [-0.2, -0.15) is 0 Å². The first-order valence-electron chi connectivity index (χ1n) is 6.15. The number of imidazole rings is 1. The lowest BCUT2D eigenvalue weighted by atomic mass is 10.4. The summed E-state index contributed by atoms with van der Waals surface area (Å²) in [7, 11) is 3.44. The van der Waals surface area contributed by atoms with Gasteiger partial charge in [0.05, 0.1) is 12.3 Å². The van der Waals surface area contributed by atoms with E-state index in [0.717, 1.165) is 0 Å². The standard InChI is InChI=1S/C13H16N4O3/c1-4-20-13(19)10-7-9(8-17(10)3)15-12(18)11-14-5-6-16(11)2/h5-8H,4H2,1-3H3,(H,15,18). The van der Waals surface area contributed by atoms with E-state index in [-0.39, 0.29) is 5.91 Å². The summed E-state index contributed by atoms with van der Waals surface area (Å²) >= 11 is 0. The van der Waals surface area contributed by atoms with Crippen molar-refractivity contribution in [1.29, 1.82) is 0 Å². The second-order valence-electron chi connectivity index (χ2n) is 4.26. The Morgan fingerprint density at radius 3 is 2.70 bits per heavy atom. The Balaban J connectivity index is 2.15. The van der Waals surface area contributed by atoms with Crippen LogP contribution in [-0.4, -0.2) is 32.6 Å². The molecule has 0 aliphatic rings. The zero-order valence-corrected chi connectivity index (χ0v) is 11.6. The summed E-state index contributed by atoms with van der Waals surface area (Å²) < 4.78 is 8.15. The molecule has 0 unspecified atom stereocenters. The number of carbonyl (C=O) groups excluding carboxylic acids is 2. The largest absolute Gasteiger partial charge is 0.461 e. The van der Waals surface area contributed by atoms with Crippen LogP contribution >= 0.6 is 0 Å². The zero-order chi connectivity index (χ0) is 14.7. The summed E-state index contributed by atoms with van der Waals surface area (Å²) in [5, 5.41) is 2.69. The second-order valence-corrected chi connectivity index (χ2v) is 4.26. The fourth-order valence-electron chi connectivity index (χ4n) is 1.81. The van der Waals surface area contributed by atoms with Crippen LogP contribution in [0.2, 0.25) is 0 Å². The maximum absolute atomic E-state index is 12.0. The summed E-state index contributed by atoms with van der Waals surface area (Å²) in [6, 6.07) is 1.57. The Morgan fingerprint density at radius 2 is 2.10 bits per heavy atom. The summed E-state index contributed by atoms with van der Waals surface area (Å²) in [5.41, 5.74) is 0.894. The van der Waals surface area contributed by atoms with Gasteiger partial charge in [-0.15, -0.1) is 0 Å².